The number of hydrazine groups is 1. The number of carbonyl (C=O) groups excluding carboxylic acids is 2. The van der Waals surface area contributed by atoms with Gasteiger partial charge in [-0.1, -0.05) is 23.2 Å². The van der Waals surface area contributed by atoms with Gasteiger partial charge in [0, 0.05) is 17.0 Å². The van der Waals surface area contributed by atoms with Crippen LogP contribution in [-0.4, -0.2) is 18.4 Å². The van der Waals surface area contributed by atoms with Crippen molar-refractivity contribution in [1.29, 1.82) is 0 Å². The van der Waals surface area contributed by atoms with Crippen LogP contribution in [0.2, 0.25) is 10.0 Å². The maximum Gasteiger partial charge on any atom is 0.269 e. The van der Waals surface area contributed by atoms with E-state index in [9.17, 15) is 18.4 Å². The summed E-state index contributed by atoms with van der Waals surface area (Å²) in [4.78, 5) is 23.4. The Morgan fingerprint density at radius 3 is 2.46 bits per heavy atom. The molecule has 0 atom stereocenters. The van der Waals surface area contributed by atoms with Crippen molar-refractivity contribution in [3.05, 3.63) is 63.6 Å². The number of rotatable bonds is 6. The molecule has 2 amide bonds. The van der Waals surface area contributed by atoms with E-state index in [-0.39, 0.29) is 18.6 Å². The molecule has 0 aliphatic heterocycles. The first-order valence-corrected chi connectivity index (χ1v) is 8.24. The summed E-state index contributed by atoms with van der Waals surface area (Å²) in [5.41, 5.74) is 4.17. The number of benzene rings is 2. The van der Waals surface area contributed by atoms with Crippen LogP contribution < -0.4 is 15.6 Å². The smallest absolute Gasteiger partial charge is 0.269 e. The van der Waals surface area contributed by atoms with Crippen molar-refractivity contribution >= 4 is 35.0 Å². The lowest BCUT2D eigenvalue weighted by Crippen LogP contribution is -2.41. The minimum Gasteiger partial charge on any atom is -0.492 e. The topological polar surface area (TPSA) is 67.4 Å². The van der Waals surface area contributed by atoms with Gasteiger partial charge in [-0.05, 0) is 42.8 Å². The van der Waals surface area contributed by atoms with E-state index in [0.29, 0.717) is 22.2 Å². The number of hydrogen-bond donors (Lipinski definition) is 2. The second kappa shape index (κ2) is 9.35. The molecule has 5 nitrogen and oxygen atoms in total. The monoisotopic (exact) mass is 402 g/mol. The van der Waals surface area contributed by atoms with E-state index in [1.807, 2.05) is 0 Å². The Morgan fingerprint density at radius 1 is 1.00 bits per heavy atom. The lowest BCUT2D eigenvalue weighted by Gasteiger charge is -2.09. The van der Waals surface area contributed by atoms with Gasteiger partial charge in [0.2, 0.25) is 5.91 Å². The summed E-state index contributed by atoms with van der Waals surface area (Å²) in [5.74, 6) is -3.00. The van der Waals surface area contributed by atoms with E-state index in [0.717, 1.165) is 18.2 Å². The number of ether oxygens (including phenoxy) is 1. The summed E-state index contributed by atoms with van der Waals surface area (Å²) in [6, 6.07) is 7.45. The summed E-state index contributed by atoms with van der Waals surface area (Å²) in [6.07, 6.45) is 0.440. The van der Waals surface area contributed by atoms with Crippen LogP contribution in [0.15, 0.2) is 36.4 Å². The Bertz CT molecular complexity index is 819. The molecule has 0 fully saturated rings. The fourth-order valence-electron chi connectivity index (χ4n) is 1.91. The van der Waals surface area contributed by atoms with Gasteiger partial charge in [0.05, 0.1) is 11.6 Å². The quantitative estimate of drug-likeness (QED) is 0.568. The van der Waals surface area contributed by atoms with E-state index in [1.54, 1.807) is 18.2 Å². The first kappa shape index (κ1) is 19.9. The van der Waals surface area contributed by atoms with Crippen molar-refractivity contribution in [3.63, 3.8) is 0 Å². The number of nitrogens with one attached hydrogen (secondary N) is 2. The minimum absolute atomic E-state index is 0.0727. The van der Waals surface area contributed by atoms with Gasteiger partial charge in [0.15, 0.2) is 11.6 Å². The second-order valence-electron chi connectivity index (χ2n) is 5.16. The molecule has 0 saturated heterocycles. The number of hydrogen-bond acceptors (Lipinski definition) is 3. The van der Waals surface area contributed by atoms with E-state index >= 15 is 0 Å². The van der Waals surface area contributed by atoms with Crippen LogP contribution in [0.25, 0.3) is 0 Å². The summed E-state index contributed by atoms with van der Waals surface area (Å²) in [7, 11) is 0. The van der Waals surface area contributed by atoms with Crippen LogP contribution in [0.4, 0.5) is 8.78 Å². The molecule has 2 aromatic carbocycles. The van der Waals surface area contributed by atoms with Gasteiger partial charge < -0.3 is 4.74 Å². The summed E-state index contributed by atoms with van der Waals surface area (Å²) >= 11 is 11.7. The highest BCUT2D eigenvalue weighted by Gasteiger charge is 2.11. The molecule has 0 saturated carbocycles. The van der Waals surface area contributed by atoms with E-state index in [2.05, 4.69) is 10.9 Å². The minimum atomic E-state index is -1.15. The third-order valence-electron chi connectivity index (χ3n) is 3.20. The van der Waals surface area contributed by atoms with Crippen LogP contribution in [-0.2, 0) is 4.79 Å². The fourth-order valence-corrected chi connectivity index (χ4v) is 2.37. The maximum absolute atomic E-state index is 13.1. The van der Waals surface area contributed by atoms with Crippen molar-refractivity contribution < 1.29 is 23.1 Å². The van der Waals surface area contributed by atoms with Crippen molar-refractivity contribution in [3.8, 4) is 5.75 Å². The van der Waals surface area contributed by atoms with Crippen LogP contribution >= 0.6 is 23.2 Å². The van der Waals surface area contributed by atoms with Gasteiger partial charge in [-0.15, -0.1) is 0 Å². The molecule has 0 aliphatic rings. The molecule has 0 bridgehead atoms. The molecule has 2 aromatic rings. The van der Waals surface area contributed by atoms with Gasteiger partial charge in [-0.3, -0.25) is 20.4 Å². The van der Waals surface area contributed by atoms with Gasteiger partial charge in [-0.2, -0.15) is 0 Å². The standard InChI is InChI=1S/C17H14Cl2F2N2O3/c18-11-4-6-15(12(19)9-11)26-7-1-2-16(24)22-23-17(25)10-3-5-13(20)14(21)8-10/h3-6,8-9H,1-2,7H2,(H,22,24)(H,23,25). The zero-order valence-electron chi connectivity index (χ0n) is 13.3. The average Bonchev–Trinajstić information content (AvgIpc) is 2.60. The Balaban J connectivity index is 1.70. The van der Waals surface area contributed by atoms with E-state index in [4.69, 9.17) is 27.9 Å². The highest BCUT2D eigenvalue weighted by atomic mass is 35.5. The lowest BCUT2D eigenvalue weighted by molar-refractivity contribution is -0.122. The Hall–Kier alpha value is -2.38. The van der Waals surface area contributed by atoms with Gasteiger partial charge in [0.1, 0.15) is 5.75 Å². The third-order valence-corrected chi connectivity index (χ3v) is 3.73. The van der Waals surface area contributed by atoms with Gasteiger partial charge in [-0.25, -0.2) is 8.78 Å². The van der Waals surface area contributed by atoms with Crippen LogP contribution in [0, 0.1) is 11.6 Å². The zero-order chi connectivity index (χ0) is 19.1. The summed E-state index contributed by atoms with van der Waals surface area (Å²) in [6.45, 7) is 0.228. The lowest BCUT2D eigenvalue weighted by atomic mass is 10.2. The fraction of sp³-hybridized carbons (Fsp3) is 0.176. The Kier molecular flexibility index (Phi) is 7.17. The number of halogens is 4. The summed E-state index contributed by atoms with van der Waals surface area (Å²) < 4.78 is 31.3. The molecule has 138 valence electrons. The molecule has 0 radical (unpaired) electrons. The normalized spacial score (nSPS) is 10.3. The molecule has 0 aliphatic carbocycles. The predicted octanol–water partition coefficient (Wildman–Crippen LogP) is 3.89. The molecule has 2 rings (SSSR count). The summed E-state index contributed by atoms with van der Waals surface area (Å²) in [5, 5.41) is 0.847. The van der Waals surface area contributed by atoms with E-state index in [1.165, 1.54) is 0 Å². The number of carbonyl (C=O) groups is 2. The first-order valence-electron chi connectivity index (χ1n) is 7.49. The predicted molar refractivity (Wildman–Crippen MR) is 93.2 cm³/mol. The molecule has 0 heterocycles. The molecular formula is C17H14Cl2F2N2O3. The molecule has 0 spiro atoms. The molecule has 9 heteroatoms. The Labute approximate surface area is 158 Å². The highest BCUT2D eigenvalue weighted by molar-refractivity contribution is 6.35. The zero-order valence-corrected chi connectivity index (χ0v) is 14.8. The highest BCUT2D eigenvalue weighted by Crippen LogP contribution is 2.27. The molecule has 26 heavy (non-hydrogen) atoms. The third kappa shape index (κ3) is 5.86. The van der Waals surface area contributed by atoms with Crippen molar-refractivity contribution in [1.82, 2.24) is 10.9 Å². The van der Waals surface area contributed by atoms with Gasteiger partial charge in [0.25, 0.3) is 5.91 Å². The Morgan fingerprint density at radius 2 is 1.77 bits per heavy atom. The van der Waals surface area contributed by atoms with Crippen LogP contribution in [0.1, 0.15) is 23.2 Å². The van der Waals surface area contributed by atoms with Crippen molar-refractivity contribution in [2.24, 2.45) is 0 Å². The molecular weight excluding hydrogens is 389 g/mol. The average molecular weight is 403 g/mol. The van der Waals surface area contributed by atoms with Crippen LogP contribution in [0.3, 0.4) is 0 Å². The first-order chi connectivity index (χ1) is 12.4. The maximum atomic E-state index is 13.1. The van der Waals surface area contributed by atoms with Crippen LogP contribution in [0.5, 0.6) is 5.75 Å². The SMILES string of the molecule is O=C(CCCOc1ccc(Cl)cc1Cl)NNC(=O)c1ccc(F)c(F)c1. The van der Waals surface area contributed by atoms with Gasteiger partial charge >= 0.3 is 0 Å². The van der Waals surface area contributed by atoms with E-state index < -0.39 is 23.4 Å². The molecule has 0 unspecified atom stereocenters. The largest absolute Gasteiger partial charge is 0.492 e. The second-order valence-corrected chi connectivity index (χ2v) is 6.00. The molecule has 2 N–H and O–H groups in total. The molecule has 0 aromatic heterocycles. The van der Waals surface area contributed by atoms with Crippen molar-refractivity contribution in [2.75, 3.05) is 6.61 Å². The van der Waals surface area contributed by atoms with Crippen molar-refractivity contribution in [2.45, 2.75) is 12.8 Å². The number of amides is 2.